The summed E-state index contributed by atoms with van der Waals surface area (Å²) in [5, 5.41) is 6.07. The first kappa shape index (κ1) is 15.3. The summed E-state index contributed by atoms with van der Waals surface area (Å²) in [6.45, 7) is 1.62. The fourth-order valence-corrected chi connectivity index (χ4v) is 3.48. The fraction of sp³-hybridized carbons (Fsp3) is 0.611. The van der Waals surface area contributed by atoms with Crippen LogP contribution in [0.2, 0.25) is 0 Å². The SMILES string of the molecule is O=C(NCCC[C@@H]1CCCCO1)N[C@@H]1CCc2ccccc21. The molecule has 2 aliphatic rings. The Kier molecular flexibility index (Phi) is 5.33. The molecule has 2 N–H and O–H groups in total. The standard InChI is InChI=1S/C18H26N2O2/c21-18(19-12-5-8-15-7-3-4-13-22-15)20-17-11-10-14-6-1-2-9-16(14)17/h1-2,6,9,15,17H,3-5,7-8,10-13H2,(H2,19,20,21)/t15-,17+/m0/s1. The molecule has 0 bridgehead atoms. The molecule has 4 heteroatoms. The minimum atomic E-state index is -0.0498. The second kappa shape index (κ2) is 7.63. The molecule has 4 nitrogen and oxygen atoms in total. The van der Waals surface area contributed by atoms with E-state index < -0.39 is 0 Å². The van der Waals surface area contributed by atoms with E-state index in [4.69, 9.17) is 4.74 Å². The zero-order valence-electron chi connectivity index (χ0n) is 13.1. The Bertz CT molecular complexity index is 498. The third-order valence-electron chi connectivity index (χ3n) is 4.70. The molecule has 0 unspecified atom stereocenters. The predicted octanol–water partition coefficient (Wildman–Crippen LogP) is 3.32. The van der Waals surface area contributed by atoms with Gasteiger partial charge in [-0.15, -0.1) is 0 Å². The van der Waals surface area contributed by atoms with Crippen LogP contribution in [0, 0.1) is 0 Å². The third kappa shape index (κ3) is 4.01. The topological polar surface area (TPSA) is 50.4 Å². The van der Waals surface area contributed by atoms with Crippen LogP contribution < -0.4 is 10.6 Å². The Morgan fingerprint density at radius 2 is 2.14 bits per heavy atom. The lowest BCUT2D eigenvalue weighted by molar-refractivity contribution is 0.0103. The highest BCUT2D eigenvalue weighted by Gasteiger charge is 2.23. The maximum absolute atomic E-state index is 12.0. The molecule has 120 valence electrons. The largest absolute Gasteiger partial charge is 0.378 e. The third-order valence-corrected chi connectivity index (χ3v) is 4.70. The van der Waals surface area contributed by atoms with Crippen molar-refractivity contribution in [3.05, 3.63) is 35.4 Å². The Morgan fingerprint density at radius 1 is 1.23 bits per heavy atom. The van der Waals surface area contributed by atoms with Gasteiger partial charge in [-0.1, -0.05) is 24.3 Å². The van der Waals surface area contributed by atoms with Gasteiger partial charge in [-0.3, -0.25) is 0 Å². The molecule has 0 saturated carbocycles. The number of fused-ring (bicyclic) bond motifs is 1. The molecule has 2 atom stereocenters. The van der Waals surface area contributed by atoms with E-state index in [0.717, 1.165) is 38.8 Å². The Hall–Kier alpha value is -1.55. The summed E-state index contributed by atoms with van der Waals surface area (Å²) in [6, 6.07) is 8.49. The summed E-state index contributed by atoms with van der Waals surface area (Å²) in [5.41, 5.74) is 2.63. The fourth-order valence-electron chi connectivity index (χ4n) is 3.48. The van der Waals surface area contributed by atoms with Crippen molar-refractivity contribution in [3.8, 4) is 0 Å². The van der Waals surface area contributed by atoms with Crippen LogP contribution >= 0.6 is 0 Å². The van der Waals surface area contributed by atoms with Gasteiger partial charge in [-0.2, -0.15) is 0 Å². The van der Waals surface area contributed by atoms with Gasteiger partial charge in [0.05, 0.1) is 12.1 Å². The Balaban J connectivity index is 1.35. The van der Waals surface area contributed by atoms with E-state index in [2.05, 4.69) is 28.8 Å². The van der Waals surface area contributed by atoms with Gasteiger partial charge in [-0.05, 0) is 56.1 Å². The lowest BCUT2D eigenvalue weighted by Crippen LogP contribution is -2.38. The lowest BCUT2D eigenvalue weighted by atomic mass is 10.0. The molecular weight excluding hydrogens is 276 g/mol. The number of rotatable bonds is 5. The number of hydrogen-bond acceptors (Lipinski definition) is 2. The van der Waals surface area contributed by atoms with E-state index in [1.54, 1.807) is 0 Å². The molecule has 0 radical (unpaired) electrons. The van der Waals surface area contributed by atoms with Crippen LogP contribution in [0.4, 0.5) is 4.79 Å². The van der Waals surface area contributed by atoms with E-state index in [1.807, 2.05) is 6.07 Å². The second-order valence-corrected chi connectivity index (χ2v) is 6.32. The highest BCUT2D eigenvalue weighted by atomic mass is 16.5. The van der Waals surface area contributed by atoms with Crippen molar-refractivity contribution in [3.63, 3.8) is 0 Å². The zero-order valence-corrected chi connectivity index (χ0v) is 13.1. The van der Waals surface area contributed by atoms with Crippen LogP contribution in [0.25, 0.3) is 0 Å². The van der Waals surface area contributed by atoms with Gasteiger partial charge in [0.1, 0.15) is 0 Å². The van der Waals surface area contributed by atoms with Crippen LogP contribution in [0.5, 0.6) is 0 Å². The highest BCUT2D eigenvalue weighted by molar-refractivity contribution is 5.74. The van der Waals surface area contributed by atoms with E-state index >= 15 is 0 Å². The molecular formula is C18H26N2O2. The average molecular weight is 302 g/mol. The first-order chi connectivity index (χ1) is 10.8. The van der Waals surface area contributed by atoms with Crippen LogP contribution in [-0.2, 0) is 11.2 Å². The normalized spacial score (nSPS) is 23.8. The monoisotopic (exact) mass is 302 g/mol. The minimum Gasteiger partial charge on any atom is -0.378 e. The number of carbonyl (C=O) groups is 1. The second-order valence-electron chi connectivity index (χ2n) is 6.32. The number of hydrogen-bond donors (Lipinski definition) is 2. The molecule has 0 aromatic heterocycles. The summed E-state index contributed by atoms with van der Waals surface area (Å²) in [6.07, 6.45) is 8.14. The number of ether oxygens (including phenoxy) is 1. The summed E-state index contributed by atoms with van der Waals surface area (Å²) in [7, 11) is 0. The van der Waals surface area contributed by atoms with Crippen molar-refractivity contribution in [1.29, 1.82) is 0 Å². The maximum atomic E-state index is 12.0. The van der Waals surface area contributed by atoms with Gasteiger partial charge < -0.3 is 15.4 Å². The van der Waals surface area contributed by atoms with Crippen molar-refractivity contribution in [2.75, 3.05) is 13.2 Å². The number of urea groups is 1. The number of aryl methyl sites for hydroxylation is 1. The number of carbonyl (C=O) groups excluding carboxylic acids is 1. The molecule has 1 fully saturated rings. The van der Waals surface area contributed by atoms with Crippen LogP contribution in [-0.4, -0.2) is 25.3 Å². The van der Waals surface area contributed by atoms with Crippen molar-refractivity contribution in [2.45, 2.75) is 57.1 Å². The molecule has 1 aromatic carbocycles. The molecule has 22 heavy (non-hydrogen) atoms. The maximum Gasteiger partial charge on any atom is 0.315 e. The van der Waals surface area contributed by atoms with Crippen LogP contribution in [0.1, 0.15) is 55.7 Å². The summed E-state index contributed by atoms with van der Waals surface area (Å²) in [5.74, 6) is 0. The highest BCUT2D eigenvalue weighted by Crippen LogP contribution is 2.30. The van der Waals surface area contributed by atoms with E-state index in [9.17, 15) is 4.79 Å². The van der Waals surface area contributed by atoms with Gasteiger partial charge >= 0.3 is 6.03 Å². The molecule has 1 saturated heterocycles. The van der Waals surface area contributed by atoms with Crippen molar-refractivity contribution < 1.29 is 9.53 Å². The minimum absolute atomic E-state index is 0.0498. The predicted molar refractivity (Wildman–Crippen MR) is 86.9 cm³/mol. The smallest absolute Gasteiger partial charge is 0.315 e. The number of nitrogens with one attached hydrogen (secondary N) is 2. The van der Waals surface area contributed by atoms with Gasteiger partial charge in [0.2, 0.25) is 0 Å². The summed E-state index contributed by atoms with van der Waals surface area (Å²) >= 11 is 0. The molecule has 0 spiro atoms. The van der Waals surface area contributed by atoms with E-state index in [0.29, 0.717) is 6.10 Å². The Morgan fingerprint density at radius 3 is 3.00 bits per heavy atom. The molecule has 2 amide bonds. The quantitative estimate of drug-likeness (QED) is 0.820. The molecule has 3 rings (SSSR count). The van der Waals surface area contributed by atoms with E-state index in [-0.39, 0.29) is 12.1 Å². The summed E-state index contributed by atoms with van der Waals surface area (Å²) in [4.78, 5) is 12.0. The number of amides is 2. The molecule has 1 aliphatic heterocycles. The van der Waals surface area contributed by atoms with Gasteiger partial charge in [-0.25, -0.2) is 4.79 Å². The van der Waals surface area contributed by atoms with E-state index in [1.165, 1.54) is 30.4 Å². The molecule has 1 aromatic rings. The molecule has 1 aliphatic carbocycles. The van der Waals surface area contributed by atoms with Crippen molar-refractivity contribution in [1.82, 2.24) is 10.6 Å². The molecule has 1 heterocycles. The number of benzene rings is 1. The summed E-state index contributed by atoms with van der Waals surface area (Å²) < 4.78 is 5.70. The van der Waals surface area contributed by atoms with Crippen LogP contribution in [0.3, 0.4) is 0 Å². The van der Waals surface area contributed by atoms with Gasteiger partial charge in [0.25, 0.3) is 0 Å². The Labute approximate surface area is 132 Å². The average Bonchev–Trinajstić information content (AvgIpc) is 2.96. The van der Waals surface area contributed by atoms with Crippen molar-refractivity contribution >= 4 is 6.03 Å². The zero-order chi connectivity index (χ0) is 15.2. The first-order valence-corrected chi connectivity index (χ1v) is 8.57. The lowest BCUT2D eigenvalue weighted by Gasteiger charge is -2.22. The van der Waals surface area contributed by atoms with Gasteiger partial charge in [0, 0.05) is 13.2 Å². The van der Waals surface area contributed by atoms with Crippen LogP contribution in [0.15, 0.2) is 24.3 Å². The first-order valence-electron chi connectivity index (χ1n) is 8.57. The van der Waals surface area contributed by atoms with Gasteiger partial charge in [0.15, 0.2) is 0 Å². The van der Waals surface area contributed by atoms with Crippen molar-refractivity contribution in [2.24, 2.45) is 0 Å².